The molecule has 4 nitrogen and oxygen atoms in total. The fourth-order valence-electron chi connectivity index (χ4n) is 2.10. The van der Waals surface area contributed by atoms with Crippen LogP contribution in [-0.2, 0) is 0 Å². The summed E-state index contributed by atoms with van der Waals surface area (Å²) < 4.78 is 5.72. The average molecular weight is 266 g/mol. The van der Waals surface area contributed by atoms with Gasteiger partial charge in [-0.25, -0.2) is 0 Å². The minimum Gasteiger partial charge on any atom is -0.493 e. The molecule has 4 heteroatoms. The van der Waals surface area contributed by atoms with Crippen LogP contribution in [-0.4, -0.2) is 31.3 Å². The van der Waals surface area contributed by atoms with E-state index in [2.05, 4.69) is 12.2 Å². The summed E-state index contributed by atoms with van der Waals surface area (Å²) in [5.41, 5.74) is 7.53. The molecule has 2 atom stereocenters. The van der Waals surface area contributed by atoms with Crippen molar-refractivity contribution in [3.05, 3.63) is 29.3 Å². The molecule has 108 valence electrons. The first-order valence-corrected chi connectivity index (χ1v) is 6.92. The molecule has 0 bridgehead atoms. The molecule has 0 saturated carbocycles. The van der Waals surface area contributed by atoms with Gasteiger partial charge in [0.1, 0.15) is 5.75 Å². The largest absolute Gasteiger partial charge is 0.493 e. The SMILES string of the molecule is CCCOc1ccc(C)cc1C(O)C(CCN)NC. The van der Waals surface area contributed by atoms with Gasteiger partial charge >= 0.3 is 0 Å². The smallest absolute Gasteiger partial charge is 0.125 e. The zero-order valence-corrected chi connectivity index (χ0v) is 12.1. The number of ether oxygens (including phenoxy) is 1. The van der Waals surface area contributed by atoms with E-state index < -0.39 is 6.10 Å². The third-order valence-electron chi connectivity index (χ3n) is 3.18. The first kappa shape index (κ1) is 16.0. The second kappa shape index (κ2) is 8.15. The zero-order chi connectivity index (χ0) is 14.3. The van der Waals surface area contributed by atoms with E-state index in [0.29, 0.717) is 13.2 Å². The highest BCUT2D eigenvalue weighted by atomic mass is 16.5. The van der Waals surface area contributed by atoms with E-state index >= 15 is 0 Å². The summed E-state index contributed by atoms with van der Waals surface area (Å²) >= 11 is 0. The molecule has 1 aromatic carbocycles. The van der Waals surface area contributed by atoms with Gasteiger partial charge in [0.2, 0.25) is 0 Å². The molecule has 0 heterocycles. The molecule has 1 rings (SSSR count). The quantitative estimate of drug-likeness (QED) is 0.670. The van der Waals surface area contributed by atoms with Crippen molar-refractivity contribution < 1.29 is 9.84 Å². The maximum Gasteiger partial charge on any atom is 0.125 e. The normalized spacial score (nSPS) is 14.2. The van der Waals surface area contributed by atoms with Gasteiger partial charge < -0.3 is 20.9 Å². The molecule has 0 spiro atoms. The molecule has 0 aliphatic heterocycles. The number of hydrogen-bond acceptors (Lipinski definition) is 4. The summed E-state index contributed by atoms with van der Waals surface area (Å²) in [5, 5.41) is 13.6. The number of rotatable bonds is 8. The lowest BCUT2D eigenvalue weighted by atomic mass is 9.97. The van der Waals surface area contributed by atoms with Crippen molar-refractivity contribution in [3.63, 3.8) is 0 Å². The van der Waals surface area contributed by atoms with Crippen LogP contribution in [0.1, 0.15) is 37.0 Å². The molecule has 0 amide bonds. The number of aryl methyl sites for hydroxylation is 1. The summed E-state index contributed by atoms with van der Waals surface area (Å²) in [5.74, 6) is 0.761. The predicted molar refractivity (Wildman–Crippen MR) is 78.4 cm³/mol. The van der Waals surface area contributed by atoms with Crippen LogP contribution in [0.2, 0.25) is 0 Å². The lowest BCUT2D eigenvalue weighted by Crippen LogP contribution is -2.34. The second-order valence-corrected chi connectivity index (χ2v) is 4.81. The lowest BCUT2D eigenvalue weighted by Gasteiger charge is -2.24. The third-order valence-corrected chi connectivity index (χ3v) is 3.18. The zero-order valence-electron chi connectivity index (χ0n) is 12.1. The van der Waals surface area contributed by atoms with E-state index in [1.807, 2.05) is 32.2 Å². The van der Waals surface area contributed by atoms with Crippen LogP contribution in [0.4, 0.5) is 0 Å². The highest BCUT2D eigenvalue weighted by Crippen LogP contribution is 2.29. The van der Waals surface area contributed by atoms with Gasteiger partial charge in [0.05, 0.1) is 12.7 Å². The summed E-state index contributed by atoms with van der Waals surface area (Å²) in [4.78, 5) is 0. The van der Waals surface area contributed by atoms with Crippen LogP contribution in [0, 0.1) is 6.92 Å². The number of nitrogens with two attached hydrogens (primary N) is 1. The number of hydrogen-bond donors (Lipinski definition) is 3. The fourth-order valence-corrected chi connectivity index (χ4v) is 2.10. The maximum absolute atomic E-state index is 10.5. The predicted octanol–water partition coefficient (Wildman–Crippen LogP) is 1.75. The van der Waals surface area contributed by atoms with E-state index in [1.54, 1.807) is 0 Å². The van der Waals surface area contributed by atoms with Gasteiger partial charge in [-0.3, -0.25) is 0 Å². The van der Waals surface area contributed by atoms with E-state index in [0.717, 1.165) is 29.7 Å². The van der Waals surface area contributed by atoms with Gasteiger partial charge in [0, 0.05) is 11.6 Å². The molecule has 0 saturated heterocycles. The molecule has 19 heavy (non-hydrogen) atoms. The number of aliphatic hydroxyl groups is 1. The first-order chi connectivity index (χ1) is 9.13. The van der Waals surface area contributed by atoms with E-state index in [4.69, 9.17) is 10.5 Å². The molecule has 1 aromatic rings. The number of benzene rings is 1. The van der Waals surface area contributed by atoms with Crippen molar-refractivity contribution in [1.29, 1.82) is 0 Å². The molecule has 0 aromatic heterocycles. The van der Waals surface area contributed by atoms with Crippen molar-refractivity contribution in [3.8, 4) is 5.75 Å². The van der Waals surface area contributed by atoms with Crippen molar-refractivity contribution in [2.24, 2.45) is 5.73 Å². The Morgan fingerprint density at radius 2 is 2.16 bits per heavy atom. The molecule has 0 fully saturated rings. The van der Waals surface area contributed by atoms with Crippen molar-refractivity contribution in [2.45, 2.75) is 38.8 Å². The molecule has 0 aliphatic rings. The Hall–Kier alpha value is -1.10. The van der Waals surface area contributed by atoms with E-state index in [1.165, 1.54) is 0 Å². The Morgan fingerprint density at radius 3 is 2.74 bits per heavy atom. The minimum atomic E-state index is -0.611. The first-order valence-electron chi connectivity index (χ1n) is 6.92. The Labute approximate surface area is 116 Å². The van der Waals surface area contributed by atoms with Gasteiger partial charge in [0.25, 0.3) is 0 Å². The maximum atomic E-state index is 10.5. The van der Waals surface area contributed by atoms with Crippen LogP contribution in [0.15, 0.2) is 18.2 Å². The van der Waals surface area contributed by atoms with Crippen LogP contribution < -0.4 is 15.8 Å². The monoisotopic (exact) mass is 266 g/mol. The lowest BCUT2D eigenvalue weighted by molar-refractivity contribution is 0.124. The Kier molecular flexibility index (Phi) is 6.84. The molecule has 4 N–H and O–H groups in total. The molecular formula is C15H26N2O2. The van der Waals surface area contributed by atoms with Gasteiger partial charge in [-0.05, 0) is 45.5 Å². The van der Waals surface area contributed by atoms with Crippen LogP contribution in [0.5, 0.6) is 5.75 Å². The van der Waals surface area contributed by atoms with Crippen molar-refractivity contribution in [2.75, 3.05) is 20.2 Å². The average Bonchev–Trinajstić information content (AvgIpc) is 2.42. The highest BCUT2D eigenvalue weighted by molar-refractivity contribution is 5.39. The van der Waals surface area contributed by atoms with Crippen molar-refractivity contribution in [1.82, 2.24) is 5.32 Å². The fraction of sp³-hybridized carbons (Fsp3) is 0.600. The number of aliphatic hydroxyl groups excluding tert-OH is 1. The molecule has 0 radical (unpaired) electrons. The topological polar surface area (TPSA) is 67.5 Å². The molecule has 0 aliphatic carbocycles. The standard InChI is InChI=1S/C15H26N2O2/c1-4-9-19-14-6-5-11(2)10-12(14)15(18)13(17-3)7-8-16/h5-6,10,13,15,17-18H,4,7-9,16H2,1-3H3. The molecule has 2 unspecified atom stereocenters. The van der Waals surface area contributed by atoms with Gasteiger partial charge in [-0.2, -0.15) is 0 Å². The highest BCUT2D eigenvalue weighted by Gasteiger charge is 2.22. The minimum absolute atomic E-state index is 0.0595. The Morgan fingerprint density at radius 1 is 1.42 bits per heavy atom. The van der Waals surface area contributed by atoms with Gasteiger partial charge in [-0.1, -0.05) is 18.6 Å². The van der Waals surface area contributed by atoms with Crippen LogP contribution in [0.25, 0.3) is 0 Å². The van der Waals surface area contributed by atoms with Crippen LogP contribution >= 0.6 is 0 Å². The summed E-state index contributed by atoms with van der Waals surface area (Å²) in [6.07, 6.45) is 1.06. The summed E-state index contributed by atoms with van der Waals surface area (Å²) in [6, 6.07) is 5.85. The second-order valence-electron chi connectivity index (χ2n) is 4.81. The van der Waals surface area contributed by atoms with Crippen molar-refractivity contribution >= 4 is 0 Å². The van der Waals surface area contributed by atoms with Crippen LogP contribution in [0.3, 0.4) is 0 Å². The van der Waals surface area contributed by atoms with Gasteiger partial charge in [-0.15, -0.1) is 0 Å². The number of likely N-dealkylation sites (N-methyl/N-ethyl adjacent to an activating group) is 1. The molecular weight excluding hydrogens is 240 g/mol. The Bertz CT molecular complexity index is 382. The number of nitrogens with one attached hydrogen (secondary N) is 1. The summed E-state index contributed by atoms with van der Waals surface area (Å²) in [7, 11) is 1.84. The third kappa shape index (κ3) is 4.49. The van der Waals surface area contributed by atoms with E-state index in [-0.39, 0.29) is 6.04 Å². The summed E-state index contributed by atoms with van der Waals surface area (Å²) in [6.45, 7) is 5.27. The Balaban J connectivity index is 2.97. The van der Waals surface area contributed by atoms with Gasteiger partial charge in [0.15, 0.2) is 0 Å². The van der Waals surface area contributed by atoms with E-state index in [9.17, 15) is 5.11 Å².